The average Bonchev–Trinajstić information content (AvgIpc) is 2.94. The Hall–Kier alpha value is -1.63. The lowest BCUT2D eigenvalue weighted by atomic mass is 9.96. The molecule has 1 amide bonds. The number of para-hydroxylation sites is 1. The minimum absolute atomic E-state index is 0. The molecule has 1 aromatic carbocycles. The molecule has 0 saturated carbocycles. The number of likely N-dealkylation sites (tertiary alicyclic amines) is 1. The van der Waals surface area contributed by atoms with Gasteiger partial charge in [-0.1, -0.05) is 18.2 Å². The quantitative estimate of drug-likeness (QED) is 0.887. The normalized spacial score (nSPS) is 15.8. The number of piperidine rings is 1. The Balaban J connectivity index is 0.00000192. The van der Waals surface area contributed by atoms with Crippen LogP contribution in [0.1, 0.15) is 17.7 Å². The van der Waals surface area contributed by atoms with Crippen molar-refractivity contribution in [3.8, 4) is 0 Å². The summed E-state index contributed by atoms with van der Waals surface area (Å²) in [4.78, 5) is 19.9. The molecule has 5 nitrogen and oxygen atoms in total. The van der Waals surface area contributed by atoms with Crippen molar-refractivity contribution in [2.24, 2.45) is 5.92 Å². The number of hydrogen-bond acceptors (Lipinski definition) is 5. The molecular formula is C16H21ClN4OS. The summed E-state index contributed by atoms with van der Waals surface area (Å²) in [5, 5.41) is 3.62. The Morgan fingerprint density at radius 2 is 2.00 bits per heavy atom. The summed E-state index contributed by atoms with van der Waals surface area (Å²) in [6.07, 6.45) is 3.63. The van der Waals surface area contributed by atoms with Gasteiger partial charge in [0.2, 0.25) is 5.91 Å². The predicted molar refractivity (Wildman–Crippen MR) is 96.8 cm³/mol. The lowest BCUT2D eigenvalue weighted by molar-refractivity contribution is -0.121. The van der Waals surface area contributed by atoms with E-state index in [1.807, 2.05) is 36.5 Å². The molecule has 1 saturated heterocycles. The van der Waals surface area contributed by atoms with Crippen LogP contribution in [0.4, 0.5) is 10.8 Å². The van der Waals surface area contributed by atoms with E-state index in [0.29, 0.717) is 5.13 Å². The van der Waals surface area contributed by atoms with Gasteiger partial charge < -0.3 is 11.1 Å². The summed E-state index contributed by atoms with van der Waals surface area (Å²) >= 11 is 1.54. The van der Waals surface area contributed by atoms with E-state index in [4.69, 9.17) is 5.73 Å². The van der Waals surface area contributed by atoms with Crippen molar-refractivity contribution in [3.05, 3.63) is 41.4 Å². The minimum Gasteiger partial charge on any atom is -0.375 e. The van der Waals surface area contributed by atoms with Crippen LogP contribution in [0.25, 0.3) is 0 Å². The second-order valence-corrected chi connectivity index (χ2v) is 6.72. The van der Waals surface area contributed by atoms with Gasteiger partial charge in [-0.25, -0.2) is 4.98 Å². The van der Waals surface area contributed by atoms with Gasteiger partial charge in [-0.05, 0) is 38.1 Å². The smallest absolute Gasteiger partial charge is 0.227 e. The maximum atomic E-state index is 12.3. The number of anilines is 2. The molecule has 1 aliphatic heterocycles. The van der Waals surface area contributed by atoms with Crippen LogP contribution in [0.2, 0.25) is 0 Å². The molecule has 0 aliphatic carbocycles. The van der Waals surface area contributed by atoms with Crippen molar-refractivity contribution in [2.45, 2.75) is 19.4 Å². The van der Waals surface area contributed by atoms with Crippen LogP contribution in [-0.2, 0) is 11.3 Å². The predicted octanol–water partition coefficient (Wildman–Crippen LogP) is 3.00. The molecule has 0 radical (unpaired) electrons. The number of halogens is 1. The Kier molecular flexibility index (Phi) is 6.38. The molecule has 2 heterocycles. The summed E-state index contributed by atoms with van der Waals surface area (Å²) in [5.41, 5.74) is 6.53. The Labute approximate surface area is 146 Å². The van der Waals surface area contributed by atoms with Crippen LogP contribution in [0.3, 0.4) is 0 Å². The van der Waals surface area contributed by atoms with E-state index >= 15 is 0 Å². The third kappa shape index (κ3) is 4.92. The largest absolute Gasteiger partial charge is 0.375 e. The molecule has 124 valence electrons. The van der Waals surface area contributed by atoms with Gasteiger partial charge in [-0.2, -0.15) is 0 Å². The molecule has 3 rings (SSSR count). The fraction of sp³-hybridized carbons (Fsp3) is 0.375. The summed E-state index contributed by atoms with van der Waals surface area (Å²) in [7, 11) is 0. The Bertz CT molecular complexity index is 626. The van der Waals surface area contributed by atoms with Gasteiger partial charge in [0.05, 0.1) is 0 Å². The maximum absolute atomic E-state index is 12.3. The molecular weight excluding hydrogens is 332 g/mol. The van der Waals surface area contributed by atoms with Crippen LogP contribution in [0.5, 0.6) is 0 Å². The van der Waals surface area contributed by atoms with E-state index in [1.54, 1.807) is 0 Å². The summed E-state index contributed by atoms with van der Waals surface area (Å²) in [6.45, 7) is 2.75. The van der Waals surface area contributed by atoms with Crippen LogP contribution in [0, 0.1) is 5.92 Å². The zero-order chi connectivity index (χ0) is 15.4. The zero-order valence-electron chi connectivity index (χ0n) is 12.8. The maximum Gasteiger partial charge on any atom is 0.227 e. The molecule has 0 spiro atoms. The highest BCUT2D eigenvalue weighted by Crippen LogP contribution is 2.23. The molecule has 23 heavy (non-hydrogen) atoms. The van der Waals surface area contributed by atoms with Gasteiger partial charge in [-0.3, -0.25) is 9.69 Å². The van der Waals surface area contributed by atoms with Crippen molar-refractivity contribution in [3.63, 3.8) is 0 Å². The molecule has 0 unspecified atom stereocenters. The van der Waals surface area contributed by atoms with Gasteiger partial charge in [-0.15, -0.1) is 23.7 Å². The number of nitrogens with two attached hydrogens (primary N) is 1. The standard InChI is InChI=1S/C16H20N4OS.ClH/c17-16-18-10-14(22-16)11-20-8-6-12(7-9-20)15(21)19-13-4-2-1-3-5-13;/h1-5,10,12H,6-9,11H2,(H2,17,18)(H,19,21);1H. The Morgan fingerprint density at radius 1 is 1.30 bits per heavy atom. The van der Waals surface area contributed by atoms with E-state index < -0.39 is 0 Å². The second-order valence-electron chi connectivity index (χ2n) is 5.57. The van der Waals surface area contributed by atoms with Crippen LogP contribution in [-0.4, -0.2) is 28.9 Å². The molecule has 1 aromatic heterocycles. The lowest BCUT2D eigenvalue weighted by Gasteiger charge is -2.30. The number of nitrogens with zero attached hydrogens (tertiary/aromatic N) is 2. The minimum atomic E-state index is 0. The molecule has 1 aliphatic rings. The van der Waals surface area contributed by atoms with Gasteiger partial charge in [0.1, 0.15) is 0 Å². The van der Waals surface area contributed by atoms with Crippen LogP contribution >= 0.6 is 23.7 Å². The summed E-state index contributed by atoms with van der Waals surface area (Å²) in [6, 6.07) is 9.64. The average molecular weight is 353 g/mol. The van der Waals surface area contributed by atoms with Crippen molar-refractivity contribution in [2.75, 3.05) is 24.1 Å². The number of nitrogen functional groups attached to an aromatic ring is 1. The number of nitrogens with one attached hydrogen (secondary N) is 1. The van der Waals surface area contributed by atoms with Crippen LogP contribution in [0.15, 0.2) is 36.5 Å². The number of aromatic nitrogens is 1. The van der Waals surface area contributed by atoms with E-state index in [1.165, 1.54) is 16.2 Å². The van der Waals surface area contributed by atoms with Gasteiger partial charge in [0.25, 0.3) is 0 Å². The SMILES string of the molecule is Cl.Nc1ncc(CN2CCC(C(=O)Nc3ccccc3)CC2)s1. The fourth-order valence-corrected chi connectivity index (χ4v) is 3.46. The summed E-state index contributed by atoms with van der Waals surface area (Å²) < 4.78 is 0. The summed E-state index contributed by atoms with van der Waals surface area (Å²) in [5.74, 6) is 0.232. The van der Waals surface area contributed by atoms with Crippen molar-refractivity contribution in [1.82, 2.24) is 9.88 Å². The molecule has 2 aromatic rings. The first-order chi connectivity index (χ1) is 10.7. The third-order valence-corrected chi connectivity index (χ3v) is 4.76. The van der Waals surface area contributed by atoms with E-state index in [2.05, 4.69) is 15.2 Å². The molecule has 1 fully saturated rings. The number of benzene rings is 1. The highest BCUT2D eigenvalue weighted by Gasteiger charge is 2.25. The van der Waals surface area contributed by atoms with Crippen molar-refractivity contribution < 1.29 is 4.79 Å². The monoisotopic (exact) mass is 352 g/mol. The highest BCUT2D eigenvalue weighted by atomic mass is 35.5. The Morgan fingerprint density at radius 3 is 2.61 bits per heavy atom. The van der Waals surface area contributed by atoms with E-state index in [0.717, 1.165) is 38.2 Å². The lowest BCUT2D eigenvalue weighted by Crippen LogP contribution is -2.37. The van der Waals surface area contributed by atoms with Crippen LogP contribution < -0.4 is 11.1 Å². The first-order valence-electron chi connectivity index (χ1n) is 7.49. The fourth-order valence-electron chi connectivity index (χ4n) is 2.74. The first kappa shape index (κ1) is 17.7. The third-order valence-electron chi connectivity index (χ3n) is 3.95. The van der Waals surface area contributed by atoms with E-state index in [-0.39, 0.29) is 24.2 Å². The second kappa shape index (κ2) is 8.29. The van der Waals surface area contributed by atoms with Gasteiger partial charge >= 0.3 is 0 Å². The molecule has 7 heteroatoms. The number of rotatable bonds is 4. The highest BCUT2D eigenvalue weighted by molar-refractivity contribution is 7.15. The van der Waals surface area contributed by atoms with E-state index in [9.17, 15) is 4.79 Å². The number of carbonyl (C=O) groups is 1. The number of hydrogen-bond donors (Lipinski definition) is 2. The zero-order valence-corrected chi connectivity index (χ0v) is 14.4. The molecule has 0 atom stereocenters. The number of thiazole rings is 1. The molecule has 0 bridgehead atoms. The number of amides is 1. The molecule has 3 N–H and O–H groups in total. The van der Waals surface area contributed by atoms with Gasteiger partial charge in [0, 0.05) is 29.2 Å². The first-order valence-corrected chi connectivity index (χ1v) is 8.31. The van der Waals surface area contributed by atoms with Crippen molar-refractivity contribution in [1.29, 1.82) is 0 Å². The number of carbonyl (C=O) groups excluding carboxylic acids is 1. The topological polar surface area (TPSA) is 71.2 Å². The van der Waals surface area contributed by atoms with Gasteiger partial charge in [0.15, 0.2) is 5.13 Å². The van der Waals surface area contributed by atoms with Crippen molar-refractivity contribution >= 4 is 40.5 Å².